The van der Waals surface area contributed by atoms with Crippen molar-refractivity contribution >= 4 is 33.0 Å². The number of amides is 1. The van der Waals surface area contributed by atoms with Crippen LogP contribution in [0.5, 0.6) is 0 Å². The van der Waals surface area contributed by atoms with Crippen LogP contribution in [-0.2, 0) is 10.0 Å². The van der Waals surface area contributed by atoms with Gasteiger partial charge in [0.25, 0.3) is 5.91 Å². The van der Waals surface area contributed by atoms with Crippen LogP contribution in [0, 0.1) is 0 Å². The van der Waals surface area contributed by atoms with Crippen molar-refractivity contribution in [2.24, 2.45) is 0 Å². The minimum atomic E-state index is -3.56. The smallest absolute Gasteiger partial charge is 0.273 e. The zero-order valence-corrected chi connectivity index (χ0v) is 14.4. The molecule has 0 aliphatic carbocycles. The molecule has 1 spiro atoms. The molecule has 7 nitrogen and oxygen atoms in total. The molecule has 1 aromatic heterocycles. The van der Waals surface area contributed by atoms with Crippen LogP contribution in [0.15, 0.2) is 40.1 Å². The maximum absolute atomic E-state index is 12.5. The van der Waals surface area contributed by atoms with Gasteiger partial charge in [0.05, 0.1) is 11.2 Å². The van der Waals surface area contributed by atoms with Crippen LogP contribution in [-0.4, -0.2) is 43.0 Å². The molecule has 1 saturated heterocycles. The van der Waals surface area contributed by atoms with Crippen molar-refractivity contribution < 1.29 is 13.2 Å². The Morgan fingerprint density at radius 2 is 2.00 bits per heavy atom. The fourth-order valence-corrected chi connectivity index (χ4v) is 5.27. The first-order valence-corrected chi connectivity index (χ1v) is 10.0. The molecule has 3 heterocycles. The highest BCUT2D eigenvalue weighted by atomic mass is 32.2. The van der Waals surface area contributed by atoms with E-state index in [0.717, 1.165) is 0 Å². The number of rotatable bonds is 1. The van der Waals surface area contributed by atoms with Crippen molar-refractivity contribution in [2.75, 3.05) is 18.4 Å². The number of fused-ring (bicyclic) bond motifs is 1. The van der Waals surface area contributed by atoms with Crippen LogP contribution in [0.4, 0.5) is 5.69 Å². The molecule has 9 heteroatoms. The van der Waals surface area contributed by atoms with E-state index in [1.807, 2.05) is 0 Å². The molecule has 2 aliphatic rings. The van der Waals surface area contributed by atoms with Crippen LogP contribution in [0.3, 0.4) is 0 Å². The first kappa shape index (κ1) is 15.6. The van der Waals surface area contributed by atoms with E-state index in [9.17, 15) is 13.2 Å². The van der Waals surface area contributed by atoms with Crippen LogP contribution < -0.4 is 10.0 Å². The lowest BCUT2D eigenvalue weighted by Gasteiger charge is -2.45. The number of aromatic nitrogens is 1. The summed E-state index contributed by atoms with van der Waals surface area (Å²) in [6.45, 7) is 0.933. The van der Waals surface area contributed by atoms with Crippen molar-refractivity contribution in [2.45, 2.75) is 23.4 Å². The number of nitrogens with zero attached hydrogens (tertiary/aromatic N) is 2. The lowest BCUT2D eigenvalue weighted by Crippen LogP contribution is -2.62. The number of hydrogen-bond donors (Lipinski definition) is 2. The third kappa shape index (κ3) is 2.58. The van der Waals surface area contributed by atoms with E-state index in [4.69, 9.17) is 0 Å². The molecule has 1 fully saturated rings. The molecule has 0 bridgehead atoms. The second-order valence-corrected chi connectivity index (χ2v) is 8.34. The van der Waals surface area contributed by atoms with Crippen LogP contribution >= 0.6 is 11.3 Å². The van der Waals surface area contributed by atoms with E-state index < -0.39 is 15.7 Å². The van der Waals surface area contributed by atoms with E-state index in [0.29, 0.717) is 37.3 Å². The average Bonchev–Trinajstić information content (AvgIpc) is 3.09. The van der Waals surface area contributed by atoms with Crippen molar-refractivity contribution in [3.8, 4) is 0 Å². The SMILES string of the molecule is O=C(c1cscn1)N1CCC2(CC1)Nc1ccccc1S(=O)(=O)N2. The molecular weight excluding hydrogens is 348 g/mol. The van der Waals surface area contributed by atoms with Crippen LogP contribution in [0.1, 0.15) is 23.3 Å². The van der Waals surface area contributed by atoms with Crippen molar-refractivity contribution in [3.05, 3.63) is 40.8 Å². The number of sulfonamides is 1. The summed E-state index contributed by atoms with van der Waals surface area (Å²) in [5, 5.41) is 5.05. The molecule has 2 aromatic rings. The number of likely N-dealkylation sites (tertiary alicyclic amines) is 1. The summed E-state index contributed by atoms with van der Waals surface area (Å²) < 4.78 is 27.8. The summed E-state index contributed by atoms with van der Waals surface area (Å²) in [5.41, 5.74) is 1.94. The van der Waals surface area contributed by atoms with Gasteiger partial charge >= 0.3 is 0 Å². The lowest BCUT2D eigenvalue weighted by atomic mass is 9.97. The summed E-state index contributed by atoms with van der Waals surface area (Å²) in [6.07, 6.45) is 0.993. The number of hydrogen-bond acceptors (Lipinski definition) is 6. The van der Waals surface area contributed by atoms with Gasteiger partial charge in [0.1, 0.15) is 16.3 Å². The molecule has 4 rings (SSSR count). The van der Waals surface area contributed by atoms with Crippen LogP contribution in [0.2, 0.25) is 0 Å². The van der Waals surface area contributed by atoms with Crippen molar-refractivity contribution in [1.29, 1.82) is 0 Å². The topological polar surface area (TPSA) is 91.4 Å². The first-order chi connectivity index (χ1) is 11.5. The highest BCUT2D eigenvalue weighted by molar-refractivity contribution is 7.89. The summed E-state index contributed by atoms with van der Waals surface area (Å²) >= 11 is 1.38. The van der Waals surface area contributed by atoms with Gasteiger partial charge in [-0.3, -0.25) is 4.79 Å². The number of anilines is 1. The number of piperidine rings is 1. The largest absolute Gasteiger partial charge is 0.365 e. The van der Waals surface area contributed by atoms with Gasteiger partial charge in [0.2, 0.25) is 10.0 Å². The Labute approximate surface area is 143 Å². The second-order valence-electron chi connectivity index (χ2n) is 5.97. The van der Waals surface area contributed by atoms with Gasteiger partial charge in [-0.15, -0.1) is 11.3 Å². The zero-order valence-electron chi connectivity index (χ0n) is 12.7. The highest BCUT2D eigenvalue weighted by Crippen LogP contribution is 2.34. The van der Waals surface area contributed by atoms with Gasteiger partial charge in [0, 0.05) is 31.3 Å². The molecule has 2 N–H and O–H groups in total. The third-order valence-corrected chi connectivity index (χ3v) is 6.62. The number of nitrogens with one attached hydrogen (secondary N) is 2. The Morgan fingerprint density at radius 1 is 1.25 bits per heavy atom. The summed E-state index contributed by atoms with van der Waals surface area (Å²) in [4.78, 5) is 18.4. The molecule has 2 aliphatic heterocycles. The van der Waals surface area contributed by atoms with Gasteiger partial charge in [-0.05, 0) is 12.1 Å². The first-order valence-electron chi connectivity index (χ1n) is 7.58. The Kier molecular flexibility index (Phi) is 3.59. The number of carbonyl (C=O) groups excluding carboxylic acids is 1. The quantitative estimate of drug-likeness (QED) is 0.800. The minimum absolute atomic E-state index is 0.106. The van der Waals surface area contributed by atoms with Gasteiger partial charge in [-0.25, -0.2) is 13.4 Å². The third-order valence-electron chi connectivity index (χ3n) is 4.44. The Morgan fingerprint density at radius 3 is 2.71 bits per heavy atom. The maximum Gasteiger partial charge on any atom is 0.273 e. The number of carbonyl (C=O) groups is 1. The predicted octanol–water partition coefficient (Wildman–Crippen LogP) is 1.48. The van der Waals surface area contributed by atoms with E-state index in [2.05, 4.69) is 15.0 Å². The molecule has 1 amide bonds. The number of benzene rings is 1. The van der Waals surface area contributed by atoms with Gasteiger partial charge in [-0.1, -0.05) is 12.1 Å². The highest BCUT2D eigenvalue weighted by Gasteiger charge is 2.43. The normalized spacial score (nSPS) is 21.1. The Hall–Kier alpha value is -1.97. The number of thiazole rings is 1. The van der Waals surface area contributed by atoms with E-state index >= 15 is 0 Å². The maximum atomic E-state index is 12.5. The van der Waals surface area contributed by atoms with Gasteiger partial charge in [-0.2, -0.15) is 4.72 Å². The lowest BCUT2D eigenvalue weighted by molar-refractivity contribution is 0.0670. The van der Waals surface area contributed by atoms with E-state index in [-0.39, 0.29) is 10.8 Å². The standard InChI is InChI=1S/C15H16N4O3S2/c20-14(12-9-23-10-16-12)19-7-5-15(6-8-19)17-11-3-1-2-4-13(11)24(21,22)18-15/h1-4,9-10,17-18H,5-8H2. The molecule has 0 atom stereocenters. The predicted molar refractivity (Wildman–Crippen MR) is 90.4 cm³/mol. The monoisotopic (exact) mass is 364 g/mol. The van der Waals surface area contributed by atoms with E-state index in [1.54, 1.807) is 40.1 Å². The molecule has 0 radical (unpaired) electrons. The molecule has 0 saturated carbocycles. The van der Waals surface area contributed by atoms with Crippen LogP contribution in [0.25, 0.3) is 0 Å². The molecule has 1 aromatic carbocycles. The average molecular weight is 364 g/mol. The minimum Gasteiger partial charge on any atom is -0.365 e. The fraction of sp³-hybridized carbons (Fsp3) is 0.333. The van der Waals surface area contributed by atoms with E-state index in [1.165, 1.54) is 11.3 Å². The zero-order chi connectivity index (χ0) is 16.8. The molecule has 24 heavy (non-hydrogen) atoms. The Balaban J connectivity index is 1.55. The second kappa shape index (κ2) is 5.54. The summed E-state index contributed by atoms with van der Waals surface area (Å²) in [7, 11) is -3.56. The molecule has 126 valence electrons. The van der Waals surface area contributed by atoms with Gasteiger partial charge < -0.3 is 10.2 Å². The fourth-order valence-electron chi connectivity index (χ4n) is 3.20. The molecular formula is C15H16N4O3S2. The number of para-hydroxylation sites is 1. The summed E-state index contributed by atoms with van der Waals surface area (Å²) in [6, 6.07) is 6.86. The van der Waals surface area contributed by atoms with Gasteiger partial charge in [0.15, 0.2) is 0 Å². The Bertz CT molecular complexity index is 872. The molecule has 0 unspecified atom stereocenters. The van der Waals surface area contributed by atoms with Crippen molar-refractivity contribution in [1.82, 2.24) is 14.6 Å². The summed E-state index contributed by atoms with van der Waals surface area (Å²) in [5.74, 6) is -0.106. The van der Waals surface area contributed by atoms with Crippen molar-refractivity contribution in [3.63, 3.8) is 0 Å².